The van der Waals surface area contributed by atoms with Crippen molar-refractivity contribution in [2.75, 3.05) is 26.2 Å². The molecule has 0 radical (unpaired) electrons. The number of hydrogen-bond acceptors (Lipinski definition) is 3. The highest BCUT2D eigenvalue weighted by Gasteiger charge is 2.37. The Morgan fingerprint density at radius 1 is 1.25 bits per heavy atom. The molecule has 1 aromatic heterocycles. The highest BCUT2D eigenvalue weighted by molar-refractivity contribution is 5.76. The highest BCUT2D eigenvalue weighted by atomic mass is 16.2. The van der Waals surface area contributed by atoms with Crippen molar-refractivity contribution < 1.29 is 4.79 Å². The van der Waals surface area contributed by atoms with E-state index in [1.54, 1.807) is 0 Å². The van der Waals surface area contributed by atoms with Crippen LogP contribution >= 0.6 is 0 Å². The lowest BCUT2D eigenvalue weighted by atomic mass is 9.96. The average Bonchev–Trinajstić information content (AvgIpc) is 3.30. The molecule has 3 fully saturated rings. The summed E-state index contributed by atoms with van der Waals surface area (Å²) in [6, 6.07) is 0.783. The molecule has 5 heteroatoms. The van der Waals surface area contributed by atoms with E-state index in [0.29, 0.717) is 18.2 Å². The first kappa shape index (κ1) is 16.1. The van der Waals surface area contributed by atoms with E-state index in [1.807, 2.05) is 6.20 Å². The summed E-state index contributed by atoms with van der Waals surface area (Å²) >= 11 is 0. The normalized spacial score (nSPS) is 28.0. The lowest BCUT2D eigenvalue weighted by Gasteiger charge is -2.33. The standard InChI is InChI=1S/C19H30N4O/c1-15-11-20-23(12-15)14-16-4-7-21(8-5-16)19(24)6-9-22-13-17-2-3-18(22)10-17/h11-12,16-18H,2-10,13-14H2,1H3/t17-,18+/m1/s1. The molecule has 2 aliphatic heterocycles. The molecule has 0 spiro atoms. The van der Waals surface area contributed by atoms with E-state index in [4.69, 9.17) is 0 Å². The molecule has 5 nitrogen and oxygen atoms in total. The van der Waals surface area contributed by atoms with Crippen LogP contribution < -0.4 is 0 Å². The molecule has 2 saturated heterocycles. The molecule has 1 aliphatic carbocycles. The van der Waals surface area contributed by atoms with E-state index in [9.17, 15) is 4.79 Å². The summed E-state index contributed by atoms with van der Waals surface area (Å²) in [5.41, 5.74) is 1.22. The molecular weight excluding hydrogens is 300 g/mol. The van der Waals surface area contributed by atoms with E-state index < -0.39 is 0 Å². The van der Waals surface area contributed by atoms with Gasteiger partial charge in [-0.05, 0) is 56.4 Å². The van der Waals surface area contributed by atoms with E-state index in [-0.39, 0.29) is 0 Å². The Balaban J connectivity index is 1.19. The van der Waals surface area contributed by atoms with Crippen LogP contribution in [0.5, 0.6) is 0 Å². The van der Waals surface area contributed by atoms with Crippen molar-refractivity contribution >= 4 is 5.91 Å². The predicted octanol–water partition coefficient (Wildman–Crippen LogP) is 2.30. The van der Waals surface area contributed by atoms with Gasteiger partial charge in [0.15, 0.2) is 0 Å². The molecule has 1 amide bonds. The SMILES string of the molecule is Cc1cnn(CC2CCN(C(=O)CCN3C[C@@H]4CC[C@H]3C4)CC2)c1. The molecule has 24 heavy (non-hydrogen) atoms. The van der Waals surface area contributed by atoms with Gasteiger partial charge in [0.05, 0.1) is 6.20 Å². The van der Waals surface area contributed by atoms with Gasteiger partial charge in [-0.25, -0.2) is 0 Å². The maximum Gasteiger partial charge on any atom is 0.223 e. The van der Waals surface area contributed by atoms with Gasteiger partial charge in [0.2, 0.25) is 5.91 Å². The first-order chi connectivity index (χ1) is 11.7. The van der Waals surface area contributed by atoms with Crippen molar-refractivity contribution in [3.63, 3.8) is 0 Å². The molecule has 0 N–H and O–H groups in total. The molecule has 0 unspecified atom stereocenters. The number of rotatable bonds is 5. The summed E-state index contributed by atoms with van der Waals surface area (Å²) in [6.07, 6.45) is 11.1. The van der Waals surface area contributed by atoms with Gasteiger partial charge in [-0.2, -0.15) is 5.10 Å². The number of nitrogens with zero attached hydrogens (tertiary/aromatic N) is 4. The zero-order chi connectivity index (χ0) is 16.5. The van der Waals surface area contributed by atoms with Crippen LogP contribution in [0.4, 0.5) is 0 Å². The quantitative estimate of drug-likeness (QED) is 0.832. The van der Waals surface area contributed by atoms with Crippen molar-refractivity contribution in [2.24, 2.45) is 11.8 Å². The number of likely N-dealkylation sites (tertiary alicyclic amines) is 2. The minimum absolute atomic E-state index is 0.367. The van der Waals surface area contributed by atoms with Crippen LogP contribution in [0.2, 0.25) is 0 Å². The van der Waals surface area contributed by atoms with E-state index >= 15 is 0 Å². The lowest BCUT2D eigenvalue weighted by Crippen LogP contribution is -2.41. The molecule has 1 saturated carbocycles. The van der Waals surface area contributed by atoms with Crippen LogP contribution in [-0.2, 0) is 11.3 Å². The second-order valence-electron chi connectivity index (χ2n) is 8.14. The topological polar surface area (TPSA) is 41.4 Å². The molecule has 0 aromatic carbocycles. The zero-order valence-corrected chi connectivity index (χ0v) is 14.9. The molecule has 2 bridgehead atoms. The zero-order valence-electron chi connectivity index (χ0n) is 14.9. The van der Waals surface area contributed by atoms with E-state index in [2.05, 4.69) is 32.7 Å². The second-order valence-corrected chi connectivity index (χ2v) is 8.14. The Bertz CT molecular complexity index is 576. The van der Waals surface area contributed by atoms with Gasteiger partial charge in [-0.3, -0.25) is 14.4 Å². The van der Waals surface area contributed by atoms with Crippen LogP contribution in [0.15, 0.2) is 12.4 Å². The van der Waals surface area contributed by atoms with Gasteiger partial charge in [0, 0.05) is 51.4 Å². The fourth-order valence-electron chi connectivity index (χ4n) is 4.89. The molecular formula is C19H30N4O. The summed E-state index contributed by atoms with van der Waals surface area (Å²) in [4.78, 5) is 17.2. The number of carbonyl (C=O) groups excluding carboxylic acids is 1. The number of hydrogen-bond donors (Lipinski definition) is 0. The maximum absolute atomic E-state index is 12.5. The van der Waals surface area contributed by atoms with Crippen molar-refractivity contribution in [2.45, 2.75) is 58.0 Å². The summed E-state index contributed by atoms with van der Waals surface area (Å²) in [6.45, 7) is 7.14. The minimum Gasteiger partial charge on any atom is -0.343 e. The van der Waals surface area contributed by atoms with Crippen LogP contribution in [-0.4, -0.2) is 57.7 Å². The van der Waals surface area contributed by atoms with Crippen LogP contribution in [0, 0.1) is 18.8 Å². The highest BCUT2D eigenvalue weighted by Crippen LogP contribution is 2.37. The average molecular weight is 330 g/mol. The van der Waals surface area contributed by atoms with Crippen molar-refractivity contribution in [3.05, 3.63) is 18.0 Å². The Kier molecular flexibility index (Phi) is 4.61. The van der Waals surface area contributed by atoms with E-state index in [0.717, 1.165) is 51.0 Å². The Labute approximate surface area is 145 Å². The van der Waals surface area contributed by atoms with Crippen LogP contribution in [0.3, 0.4) is 0 Å². The number of carbonyl (C=O) groups is 1. The van der Waals surface area contributed by atoms with Crippen molar-refractivity contribution in [1.82, 2.24) is 19.6 Å². The Morgan fingerprint density at radius 3 is 2.71 bits per heavy atom. The van der Waals surface area contributed by atoms with Crippen molar-refractivity contribution in [3.8, 4) is 0 Å². The first-order valence-corrected chi connectivity index (χ1v) is 9.68. The van der Waals surface area contributed by atoms with Gasteiger partial charge in [0.25, 0.3) is 0 Å². The molecule has 3 heterocycles. The third-order valence-corrected chi connectivity index (χ3v) is 6.31. The molecule has 1 aromatic rings. The monoisotopic (exact) mass is 330 g/mol. The van der Waals surface area contributed by atoms with Crippen LogP contribution in [0.1, 0.15) is 44.1 Å². The van der Waals surface area contributed by atoms with E-state index in [1.165, 1.54) is 31.4 Å². The maximum atomic E-state index is 12.5. The lowest BCUT2D eigenvalue weighted by molar-refractivity contribution is -0.133. The molecule has 4 rings (SSSR count). The van der Waals surface area contributed by atoms with Gasteiger partial charge in [-0.1, -0.05) is 0 Å². The molecule has 132 valence electrons. The summed E-state index contributed by atoms with van der Waals surface area (Å²) in [7, 11) is 0. The van der Waals surface area contributed by atoms with Crippen molar-refractivity contribution in [1.29, 1.82) is 0 Å². The van der Waals surface area contributed by atoms with Crippen LogP contribution in [0.25, 0.3) is 0 Å². The summed E-state index contributed by atoms with van der Waals surface area (Å²) < 4.78 is 2.06. The minimum atomic E-state index is 0.367. The summed E-state index contributed by atoms with van der Waals surface area (Å²) in [5, 5.41) is 4.39. The van der Waals surface area contributed by atoms with Gasteiger partial charge < -0.3 is 4.90 Å². The third kappa shape index (κ3) is 3.51. The smallest absolute Gasteiger partial charge is 0.223 e. The fraction of sp³-hybridized carbons (Fsp3) is 0.789. The molecule has 2 atom stereocenters. The third-order valence-electron chi connectivity index (χ3n) is 6.31. The Hall–Kier alpha value is -1.36. The number of amides is 1. The van der Waals surface area contributed by atoms with Gasteiger partial charge in [0.1, 0.15) is 0 Å². The predicted molar refractivity (Wildman–Crippen MR) is 93.6 cm³/mol. The second kappa shape index (κ2) is 6.87. The number of aromatic nitrogens is 2. The number of fused-ring (bicyclic) bond motifs is 2. The Morgan fingerprint density at radius 2 is 2.08 bits per heavy atom. The fourth-order valence-corrected chi connectivity index (χ4v) is 4.89. The number of aryl methyl sites for hydroxylation is 1. The summed E-state index contributed by atoms with van der Waals surface area (Å²) in [5.74, 6) is 1.95. The van der Waals surface area contributed by atoms with Gasteiger partial charge in [-0.15, -0.1) is 0 Å². The first-order valence-electron chi connectivity index (χ1n) is 9.68. The number of piperidine rings is 2. The van der Waals surface area contributed by atoms with Gasteiger partial charge >= 0.3 is 0 Å². The largest absolute Gasteiger partial charge is 0.343 e. The molecule has 3 aliphatic rings.